The first-order valence-corrected chi connectivity index (χ1v) is 7.18. The average Bonchev–Trinajstić information content (AvgIpc) is 2.91. The summed E-state index contributed by atoms with van der Waals surface area (Å²) in [6.07, 6.45) is 3.80. The van der Waals surface area contributed by atoms with Crippen LogP contribution in [-0.4, -0.2) is 17.4 Å². The number of hydrogen-bond acceptors (Lipinski definition) is 2. The fraction of sp³-hybridized carbons (Fsp3) is 0.294. The zero-order valence-electron chi connectivity index (χ0n) is 12.1. The van der Waals surface area contributed by atoms with Crippen LogP contribution >= 0.6 is 0 Å². The second-order valence-electron chi connectivity index (χ2n) is 5.65. The Hall–Kier alpha value is -2.30. The predicted octanol–water partition coefficient (Wildman–Crippen LogP) is 2.94. The molecule has 1 aliphatic rings. The quantitative estimate of drug-likeness (QED) is 0.947. The fourth-order valence-electron chi connectivity index (χ4n) is 3.11. The second kappa shape index (κ2) is 5.83. The Kier molecular flexibility index (Phi) is 3.88. The van der Waals surface area contributed by atoms with Crippen LogP contribution in [0.15, 0.2) is 36.7 Å². The number of hydrogen-bond donors (Lipinski definition) is 1. The van der Waals surface area contributed by atoms with Gasteiger partial charge in [0.1, 0.15) is 0 Å². The molecular weight excluding hydrogens is 286 g/mol. The molecule has 3 nitrogen and oxygen atoms in total. The first-order valence-electron chi connectivity index (χ1n) is 7.18. The molecule has 2 unspecified atom stereocenters. The number of pyridine rings is 1. The van der Waals surface area contributed by atoms with Crippen LogP contribution in [0.5, 0.6) is 0 Å². The lowest BCUT2D eigenvalue weighted by molar-refractivity contribution is -0.119. The van der Waals surface area contributed by atoms with E-state index in [4.69, 9.17) is 0 Å². The van der Waals surface area contributed by atoms with E-state index < -0.39 is 11.6 Å². The number of aryl methyl sites for hydroxylation is 1. The van der Waals surface area contributed by atoms with Gasteiger partial charge in [0.15, 0.2) is 11.6 Å². The molecule has 0 saturated carbocycles. The molecule has 2 heterocycles. The summed E-state index contributed by atoms with van der Waals surface area (Å²) in [6, 6.07) is 5.83. The van der Waals surface area contributed by atoms with Crippen LogP contribution in [0.2, 0.25) is 0 Å². The van der Waals surface area contributed by atoms with Crippen LogP contribution in [0.4, 0.5) is 8.78 Å². The second-order valence-corrected chi connectivity index (χ2v) is 5.65. The number of halogens is 2. The molecule has 1 saturated heterocycles. The standard InChI is InChI=1S/C17H16F2N2O/c1-10-8-20-5-4-13(10)17(12-7-16(22)21-9-12)11-2-3-14(18)15(19)6-11/h2-6,8,12,17H,7,9H2,1H3,(H,21,22). The van der Waals surface area contributed by atoms with Gasteiger partial charge in [-0.15, -0.1) is 0 Å². The number of carbonyl (C=O) groups excluding carboxylic acids is 1. The summed E-state index contributed by atoms with van der Waals surface area (Å²) in [7, 11) is 0. The minimum absolute atomic E-state index is 0.00991. The predicted molar refractivity (Wildman–Crippen MR) is 78.3 cm³/mol. The van der Waals surface area contributed by atoms with Crippen molar-refractivity contribution >= 4 is 5.91 Å². The molecule has 1 fully saturated rings. The Balaban J connectivity index is 2.08. The average molecular weight is 302 g/mol. The van der Waals surface area contributed by atoms with Crippen LogP contribution in [0.1, 0.15) is 29.0 Å². The third-order valence-corrected chi connectivity index (χ3v) is 4.18. The van der Waals surface area contributed by atoms with E-state index in [0.29, 0.717) is 18.5 Å². The minimum atomic E-state index is -0.869. The van der Waals surface area contributed by atoms with Crippen molar-refractivity contribution in [1.82, 2.24) is 10.3 Å². The summed E-state index contributed by atoms with van der Waals surface area (Å²) in [5, 5.41) is 2.81. The Morgan fingerprint density at radius 1 is 1.27 bits per heavy atom. The molecule has 0 bridgehead atoms. The molecule has 1 N–H and O–H groups in total. The van der Waals surface area contributed by atoms with Crippen molar-refractivity contribution in [3.63, 3.8) is 0 Å². The number of nitrogens with one attached hydrogen (secondary N) is 1. The van der Waals surface area contributed by atoms with Crippen LogP contribution in [0, 0.1) is 24.5 Å². The van der Waals surface area contributed by atoms with Crippen LogP contribution in [0.3, 0.4) is 0 Å². The highest BCUT2D eigenvalue weighted by atomic mass is 19.2. The van der Waals surface area contributed by atoms with E-state index in [1.165, 1.54) is 6.07 Å². The molecule has 1 aromatic carbocycles. The molecule has 1 amide bonds. The van der Waals surface area contributed by atoms with Gasteiger partial charge in [0, 0.05) is 31.3 Å². The molecule has 3 rings (SSSR count). The van der Waals surface area contributed by atoms with Gasteiger partial charge in [-0.25, -0.2) is 8.78 Å². The Morgan fingerprint density at radius 2 is 2.09 bits per heavy atom. The van der Waals surface area contributed by atoms with Gasteiger partial charge < -0.3 is 5.32 Å². The summed E-state index contributed by atoms with van der Waals surface area (Å²) in [5.74, 6) is -1.90. The highest BCUT2D eigenvalue weighted by molar-refractivity contribution is 5.78. The summed E-state index contributed by atoms with van der Waals surface area (Å²) in [6.45, 7) is 2.46. The van der Waals surface area contributed by atoms with E-state index in [9.17, 15) is 13.6 Å². The number of aromatic nitrogens is 1. The number of amides is 1. The largest absolute Gasteiger partial charge is 0.356 e. The number of benzene rings is 1. The van der Waals surface area contributed by atoms with Gasteiger partial charge in [-0.05, 0) is 47.7 Å². The zero-order valence-corrected chi connectivity index (χ0v) is 12.1. The van der Waals surface area contributed by atoms with Crippen molar-refractivity contribution in [2.75, 3.05) is 6.54 Å². The maximum atomic E-state index is 13.6. The summed E-state index contributed by atoms with van der Waals surface area (Å²) >= 11 is 0. The van der Waals surface area contributed by atoms with Crippen molar-refractivity contribution < 1.29 is 13.6 Å². The molecular formula is C17H16F2N2O. The van der Waals surface area contributed by atoms with Gasteiger partial charge in [0.05, 0.1) is 0 Å². The summed E-state index contributed by atoms with van der Waals surface area (Å²) < 4.78 is 26.9. The number of carbonyl (C=O) groups is 1. The molecule has 2 aromatic rings. The smallest absolute Gasteiger partial charge is 0.220 e. The van der Waals surface area contributed by atoms with E-state index in [1.807, 2.05) is 13.0 Å². The molecule has 22 heavy (non-hydrogen) atoms. The van der Waals surface area contributed by atoms with Gasteiger partial charge in [-0.1, -0.05) is 6.07 Å². The number of nitrogens with zero attached hydrogens (tertiary/aromatic N) is 1. The SMILES string of the molecule is Cc1cnccc1C(c1ccc(F)c(F)c1)C1CNC(=O)C1. The highest BCUT2D eigenvalue weighted by Crippen LogP contribution is 2.37. The highest BCUT2D eigenvalue weighted by Gasteiger charge is 2.32. The van der Waals surface area contributed by atoms with E-state index in [-0.39, 0.29) is 17.7 Å². The molecule has 0 radical (unpaired) electrons. The zero-order chi connectivity index (χ0) is 15.7. The van der Waals surface area contributed by atoms with Gasteiger partial charge in [-0.2, -0.15) is 0 Å². The molecule has 5 heteroatoms. The van der Waals surface area contributed by atoms with Crippen molar-refractivity contribution in [1.29, 1.82) is 0 Å². The third kappa shape index (κ3) is 2.71. The fourth-order valence-corrected chi connectivity index (χ4v) is 3.11. The summed E-state index contributed by atoms with van der Waals surface area (Å²) in [5.41, 5.74) is 2.63. The van der Waals surface area contributed by atoms with Crippen molar-refractivity contribution in [2.24, 2.45) is 5.92 Å². The molecule has 1 aromatic heterocycles. The Labute approximate surface area is 127 Å². The van der Waals surface area contributed by atoms with Crippen LogP contribution < -0.4 is 5.32 Å². The van der Waals surface area contributed by atoms with Gasteiger partial charge in [0.25, 0.3) is 0 Å². The molecule has 0 aliphatic carbocycles. The Morgan fingerprint density at radius 3 is 2.73 bits per heavy atom. The first kappa shape index (κ1) is 14.6. The monoisotopic (exact) mass is 302 g/mol. The van der Waals surface area contributed by atoms with Crippen molar-refractivity contribution in [3.8, 4) is 0 Å². The Bertz CT molecular complexity index is 718. The first-order chi connectivity index (χ1) is 10.6. The van der Waals surface area contributed by atoms with E-state index in [0.717, 1.165) is 17.2 Å². The van der Waals surface area contributed by atoms with E-state index in [1.54, 1.807) is 18.5 Å². The molecule has 1 aliphatic heterocycles. The topological polar surface area (TPSA) is 42.0 Å². The van der Waals surface area contributed by atoms with Crippen molar-refractivity contribution in [3.05, 3.63) is 65.0 Å². The summed E-state index contributed by atoms with van der Waals surface area (Å²) in [4.78, 5) is 15.6. The van der Waals surface area contributed by atoms with Crippen molar-refractivity contribution in [2.45, 2.75) is 19.3 Å². The number of rotatable bonds is 3. The van der Waals surface area contributed by atoms with Gasteiger partial charge in [0.2, 0.25) is 5.91 Å². The van der Waals surface area contributed by atoms with Crippen LogP contribution in [0.25, 0.3) is 0 Å². The lowest BCUT2D eigenvalue weighted by Gasteiger charge is -2.25. The maximum absolute atomic E-state index is 13.6. The maximum Gasteiger partial charge on any atom is 0.220 e. The lowest BCUT2D eigenvalue weighted by Crippen LogP contribution is -2.19. The van der Waals surface area contributed by atoms with Gasteiger partial charge >= 0.3 is 0 Å². The van der Waals surface area contributed by atoms with E-state index >= 15 is 0 Å². The normalized spacial score (nSPS) is 19.0. The van der Waals surface area contributed by atoms with Gasteiger partial charge in [-0.3, -0.25) is 9.78 Å². The van der Waals surface area contributed by atoms with Crippen LogP contribution in [-0.2, 0) is 4.79 Å². The van der Waals surface area contributed by atoms with E-state index in [2.05, 4.69) is 10.3 Å². The molecule has 2 atom stereocenters. The third-order valence-electron chi connectivity index (χ3n) is 4.18. The molecule has 114 valence electrons. The molecule has 0 spiro atoms. The lowest BCUT2D eigenvalue weighted by atomic mass is 9.79. The minimum Gasteiger partial charge on any atom is -0.356 e.